The molecule has 0 aromatic rings. The number of hydrogen-bond donors (Lipinski definition) is 2. The van der Waals surface area contributed by atoms with Crippen LogP contribution < -0.4 is 0 Å². The highest BCUT2D eigenvalue weighted by Crippen LogP contribution is 2.53. The van der Waals surface area contributed by atoms with Gasteiger partial charge in [0.2, 0.25) is 0 Å². The lowest BCUT2D eigenvalue weighted by Gasteiger charge is -2.36. The van der Waals surface area contributed by atoms with Crippen molar-refractivity contribution >= 4 is 5.97 Å². The molecule has 3 aliphatic rings. The molecule has 0 spiro atoms. The Bertz CT molecular complexity index is 534. The van der Waals surface area contributed by atoms with E-state index >= 15 is 0 Å². The first-order valence-electron chi connectivity index (χ1n) is 6.67. The summed E-state index contributed by atoms with van der Waals surface area (Å²) in [5, 5.41) is 19.8. The van der Waals surface area contributed by atoms with Gasteiger partial charge in [-0.15, -0.1) is 0 Å². The molecule has 1 aliphatic heterocycles. The second kappa shape index (κ2) is 4.28. The lowest BCUT2D eigenvalue weighted by atomic mass is 9.77. The van der Waals surface area contributed by atoms with Crippen LogP contribution in [0.4, 0.5) is 0 Å². The minimum Gasteiger partial charge on any atom is -0.457 e. The molecule has 5 atom stereocenters. The first kappa shape index (κ1) is 13.5. The van der Waals surface area contributed by atoms with Gasteiger partial charge < -0.3 is 9.84 Å². The summed E-state index contributed by atoms with van der Waals surface area (Å²) in [7, 11) is 0. The lowest BCUT2D eigenvalue weighted by Crippen LogP contribution is -2.45. The predicted molar refractivity (Wildman–Crippen MR) is 70.6 cm³/mol. The first-order chi connectivity index (χ1) is 9.42. The van der Waals surface area contributed by atoms with Crippen molar-refractivity contribution in [3.05, 3.63) is 36.0 Å². The van der Waals surface area contributed by atoms with E-state index in [-0.39, 0.29) is 17.9 Å². The van der Waals surface area contributed by atoms with Crippen molar-refractivity contribution in [2.24, 2.45) is 11.8 Å². The average Bonchev–Trinajstić information content (AvgIpc) is 2.85. The fourth-order valence-corrected chi connectivity index (χ4v) is 3.87. The lowest BCUT2D eigenvalue weighted by molar-refractivity contribution is -0.323. The Kier molecular flexibility index (Phi) is 2.90. The minimum atomic E-state index is -1.02. The summed E-state index contributed by atoms with van der Waals surface area (Å²) in [6.45, 7) is 9.61. The molecule has 0 aromatic carbocycles. The predicted octanol–water partition coefficient (Wildman–Crippen LogP) is 1.60. The largest absolute Gasteiger partial charge is 0.457 e. The molecule has 0 radical (unpaired) electrons. The number of aliphatic hydroxyl groups is 1. The van der Waals surface area contributed by atoms with Gasteiger partial charge in [-0.3, -0.25) is 5.26 Å². The van der Waals surface area contributed by atoms with Gasteiger partial charge in [0.15, 0.2) is 0 Å². The zero-order chi connectivity index (χ0) is 14.7. The Morgan fingerprint density at radius 2 is 2.20 bits per heavy atom. The Hall–Kier alpha value is -1.43. The molecular weight excluding hydrogens is 260 g/mol. The van der Waals surface area contributed by atoms with Gasteiger partial charge >= 0.3 is 5.97 Å². The average molecular weight is 278 g/mol. The molecule has 0 bridgehead atoms. The summed E-state index contributed by atoms with van der Waals surface area (Å²) in [6.07, 6.45) is 1.27. The molecule has 0 amide bonds. The van der Waals surface area contributed by atoms with Crippen LogP contribution in [0.1, 0.15) is 19.8 Å². The molecular formula is C15H18O5. The van der Waals surface area contributed by atoms with Crippen molar-refractivity contribution < 1.29 is 24.8 Å². The highest BCUT2D eigenvalue weighted by molar-refractivity contribution is 5.91. The van der Waals surface area contributed by atoms with Crippen molar-refractivity contribution in [3.8, 4) is 0 Å². The number of fused-ring (bicyclic) bond motifs is 3. The summed E-state index contributed by atoms with van der Waals surface area (Å²) in [5.74, 6) is -1.31. The van der Waals surface area contributed by atoms with Crippen molar-refractivity contribution in [1.29, 1.82) is 0 Å². The second-order valence-electron chi connectivity index (χ2n) is 5.91. The summed E-state index contributed by atoms with van der Waals surface area (Å²) in [4.78, 5) is 16.6. The van der Waals surface area contributed by atoms with Crippen molar-refractivity contribution in [1.82, 2.24) is 0 Å². The fraction of sp³-hybridized carbons (Fsp3) is 0.533. The molecule has 5 unspecified atom stereocenters. The monoisotopic (exact) mass is 278 g/mol. The summed E-state index contributed by atoms with van der Waals surface area (Å²) >= 11 is 0. The Morgan fingerprint density at radius 1 is 1.50 bits per heavy atom. The number of rotatable bonds is 1. The maximum atomic E-state index is 11.8. The zero-order valence-electron chi connectivity index (χ0n) is 11.3. The molecule has 5 heteroatoms. The van der Waals surface area contributed by atoms with Crippen LogP contribution in [0, 0.1) is 11.8 Å². The van der Waals surface area contributed by atoms with Crippen LogP contribution in [-0.2, 0) is 14.4 Å². The number of aliphatic hydroxyl groups excluding tert-OH is 1. The second-order valence-corrected chi connectivity index (χ2v) is 5.91. The van der Waals surface area contributed by atoms with E-state index in [9.17, 15) is 15.2 Å². The molecule has 2 fully saturated rings. The van der Waals surface area contributed by atoms with Gasteiger partial charge in [0.05, 0.1) is 17.9 Å². The van der Waals surface area contributed by atoms with Gasteiger partial charge in [-0.05, 0) is 18.9 Å². The maximum absolute atomic E-state index is 11.8. The van der Waals surface area contributed by atoms with E-state index in [1.807, 2.05) is 13.0 Å². The summed E-state index contributed by atoms with van der Waals surface area (Å²) < 4.78 is 5.42. The van der Waals surface area contributed by atoms with E-state index in [0.29, 0.717) is 12.0 Å². The van der Waals surface area contributed by atoms with Crippen LogP contribution in [-0.4, -0.2) is 34.1 Å². The normalized spacial score (nSPS) is 43.8. The molecule has 20 heavy (non-hydrogen) atoms. The Labute approximate surface area is 117 Å². The van der Waals surface area contributed by atoms with Crippen molar-refractivity contribution in [2.75, 3.05) is 0 Å². The first-order valence-corrected chi connectivity index (χ1v) is 6.67. The highest BCUT2D eigenvalue weighted by atomic mass is 17.1. The van der Waals surface area contributed by atoms with Gasteiger partial charge in [-0.1, -0.05) is 24.8 Å². The van der Waals surface area contributed by atoms with E-state index in [1.54, 1.807) is 0 Å². The molecule has 1 saturated carbocycles. The Balaban J connectivity index is 2.13. The number of hydrogen-bond acceptors (Lipinski definition) is 5. The number of esters is 1. The van der Waals surface area contributed by atoms with Gasteiger partial charge in [-0.2, -0.15) is 0 Å². The zero-order valence-corrected chi connectivity index (χ0v) is 11.3. The van der Waals surface area contributed by atoms with Gasteiger partial charge in [-0.25, -0.2) is 9.68 Å². The third-order valence-corrected chi connectivity index (χ3v) is 4.94. The topological polar surface area (TPSA) is 76.0 Å². The smallest absolute Gasteiger partial charge is 0.334 e. The highest BCUT2D eigenvalue weighted by Gasteiger charge is 2.60. The van der Waals surface area contributed by atoms with E-state index in [2.05, 4.69) is 13.2 Å². The summed E-state index contributed by atoms with van der Waals surface area (Å²) in [6, 6.07) is 0. The van der Waals surface area contributed by atoms with E-state index in [1.165, 1.54) is 0 Å². The van der Waals surface area contributed by atoms with Crippen LogP contribution in [0.3, 0.4) is 0 Å². The SMILES string of the molecule is C=C1C(=O)OC2C1C(O)CC(=C)C1(OO)CC=C(C)C21. The van der Waals surface area contributed by atoms with Gasteiger partial charge in [0.1, 0.15) is 11.7 Å². The third kappa shape index (κ3) is 1.51. The molecule has 1 heterocycles. The fourth-order valence-electron chi connectivity index (χ4n) is 3.87. The van der Waals surface area contributed by atoms with Gasteiger partial charge in [0.25, 0.3) is 0 Å². The molecule has 0 aromatic heterocycles. The van der Waals surface area contributed by atoms with E-state index < -0.39 is 29.7 Å². The quantitative estimate of drug-likeness (QED) is 0.250. The van der Waals surface area contributed by atoms with Crippen LogP contribution in [0.2, 0.25) is 0 Å². The molecule has 3 rings (SSSR count). The summed E-state index contributed by atoms with van der Waals surface area (Å²) in [5.41, 5.74) is 0.842. The number of carbonyl (C=O) groups excluding carboxylic acids is 1. The molecule has 2 N–H and O–H groups in total. The van der Waals surface area contributed by atoms with Gasteiger partial charge in [0, 0.05) is 12.0 Å². The van der Waals surface area contributed by atoms with Crippen molar-refractivity contribution in [2.45, 2.75) is 37.6 Å². The standard InChI is InChI=1S/C15H18O5/c1-7-4-5-15(20-18)8(2)6-10(16)11-9(3)14(17)19-13(11)12(7)15/h4,10-13,16,18H,2-3,5-6H2,1H3. The van der Waals surface area contributed by atoms with Crippen LogP contribution in [0.15, 0.2) is 36.0 Å². The van der Waals surface area contributed by atoms with E-state index in [4.69, 9.17) is 9.62 Å². The van der Waals surface area contributed by atoms with Crippen molar-refractivity contribution in [3.63, 3.8) is 0 Å². The Morgan fingerprint density at radius 3 is 2.85 bits per heavy atom. The molecule has 108 valence electrons. The van der Waals surface area contributed by atoms with E-state index in [0.717, 1.165) is 5.57 Å². The van der Waals surface area contributed by atoms with Crippen LogP contribution >= 0.6 is 0 Å². The number of ether oxygens (including phenoxy) is 1. The maximum Gasteiger partial charge on any atom is 0.334 e. The molecule has 1 saturated heterocycles. The molecule has 2 aliphatic carbocycles. The minimum absolute atomic E-state index is 0.245. The molecule has 5 nitrogen and oxygen atoms in total. The third-order valence-electron chi connectivity index (χ3n) is 4.94. The van der Waals surface area contributed by atoms with Crippen LogP contribution in [0.25, 0.3) is 0 Å². The van der Waals surface area contributed by atoms with Crippen LogP contribution in [0.5, 0.6) is 0 Å². The number of carbonyl (C=O) groups is 1.